The average Bonchev–Trinajstić information content (AvgIpc) is 3.36. The lowest BCUT2D eigenvalue weighted by Crippen LogP contribution is -2.21. The number of aromatic nitrogens is 1. The van der Waals surface area contributed by atoms with Gasteiger partial charge < -0.3 is 20.3 Å². The summed E-state index contributed by atoms with van der Waals surface area (Å²) >= 11 is 0. The molecule has 0 aliphatic rings. The van der Waals surface area contributed by atoms with Crippen LogP contribution in [0.4, 0.5) is 17.6 Å². The average molecular weight is 635 g/mol. The molecule has 0 unspecified atom stereocenters. The van der Waals surface area contributed by atoms with E-state index in [4.69, 9.17) is 25.6 Å². The molecule has 1 aromatic heterocycles. The highest BCUT2D eigenvalue weighted by Gasteiger charge is 2.38. The molecule has 0 spiro atoms. The van der Waals surface area contributed by atoms with E-state index in [0.717, 1.165) is 29.3 Å². The van der Waals surface area contributed by atoms with Crippen LogP contribution in [0.2, 0.25) is 0 Å². The molecular formula is C29H26F4N4O6S. The van der Waals surface area contributed by atoms with Crippen molar-refractivity contribution in [2.75, 3.05) is 6.61 Å². The lowest BCUT2D eigenvalue weighted by Gasteiger charge is -2.10. The third-order valence-electron chi connectivity index (χ3n) is 5.91. The lowest BCUT2D eigenvalue weighted by atomic mass is 9.99. The number of esters is 1. The number of halogens is 4. The predicted molar refractivity (Wildman–Crippen MR) is 154 cm³/mol. The number of hydrogen-bond acceptors (Lipinski definition) is 7. The minimum atomic E-state index is -5.08. The Morgan fingerprint density at radius 3 is 2.16 bits per heavy atom. The van der Waals surface area contributed by atoms with Gasteiger partial charge in [-0.2, -0.15) is 18.3 Å². The number of carbonyl (C=O) groups excluding carboxylic acids is 1. The highest BCUT2D eigenvalue weighted by molar-refractivity contribution is 7.89. The fraction of sp³-hybridized carbons (Fsp3) is 0.138. The van der Waals surface area contributed by atoms with Crippen LogP contribution < -0.4 is 11.0 Å². The minimum Gasteiger partial charge on any atom is -0.475 e. The van der Waals surface area contributed by atoms with Gasteiger partial charge in [-0.3, -0.25) is 0 Å². The van der Waals surface area contributed by atoms with Gasteiger partial charge >= 0.3 is 18.1 Å². The molecule has 5 N–H and O–H groups in total. The van der Waals surface area contributed by atoms with E-state index in [-0.39, 0.29) is 17.1 Å². The number of carbonyl (C=O) groups is 2. The summed E-state index contributed by atoms with van der Waals surface area (Å²) in [5.41, 5.74) is 4.15. The highest BCUT2D eigenvalue weighted by atomic mass is 32.2. The molecule has 0 aliphatic heterocycles. The number of carboxylic acids is 1. The van der Waals surface area contributed by atoms with Gasteiger partial charge in [0.2, 0.25) is 10.0 Å². The van der Waals surface area contributed by atoms with E-state index in [9.17, 15) is 30.8 Å². The van der Waals surface area contributed by atoms with Gasteiger partial charge in [0.05, 0.1) is 23.3 Å². The molecular weight excluding hydrogens is 608 g/mol. The Kier molecular flexibility index (Phi) is 10.6. The molecule has 44 heavy (non-hydrogen) atoms. The molecule has 0 saturated carbocycles. The van der Waals surface area contributed by atoms with Crippen molar-refractivity contribution >= 4 is 28.2 Å². The first-order valence-electron chi connectivity index (χ1n) is 12.6. The Bertz CT molecular complexity index is 1790. The number of nitrogens with zero attached hydrogens (tertiary/aromatic N) is 2. The molecule has 0 radical (unpaired) electrons. The van der Waals surface area contributed by atoms with Gasteiger partial charge in [0.15, 0.2) is 0 Å². The Labute approximate surface area is 249 Å². The maximum Gasteiger partial charge on any atom is 0.490 e. The van der Waals surface area contributed by atoms with Crippen LogP contribution in [0.3, 0.4) is 0 Å². The second-order valence-electron chi connectivity index (χ2n) is 9.07. The van der Waals surface area contributed by atoms with Crippen molar-refractivity contribution in [3.05, 3.63) is 102 Å². The summed E-state index contributed by atoms with van der Waals surface area (Å²) in [6.07, 6.45) is 0.0234. The number of alkyl halides is 3. The molecule has 0 fully saturated rings. The molecule has 0 bridgehead atoms. The SMILES string of the molecule is CCOC(=O)c1cn(Cc2cccc(/C=N\N)c2)cc1-c1ccc(-c2cc(F)ccc2S(N)(=O)=O)cc1.O=C(O)C(F)(F)F. The number of ether oxygens (including phenoxy) is 1. The number of aliphatic carboxylic acids is 1. The topological polar surface area (TPSA) is 167 Å². The van der Waals surface area contributed by atoms with E-state index in [0.29, 0.717) is 28.8 Å². The van der Waals surface area contributed by atoms with Crippen molar-refractivity contribution in [3.63, 3.8) is 0 Å². The van der Waals surface area contributed by atoms with Crippen LogP contribution in [-0.2, 0) is 26.1 Å². The Hall–Kier alpha value is -5.02. The van der Waals surface area contributed by atoms with Gasteiger partial charge in [0, 0.05) is 30.1 Å². The molecule has 0 saturated heterocycles. The van der Waals surface area contributed by atoms with Crippen molar-refractivity contribution in [1.82, 2.24) is 4.57 Å². The first-order chi connectivity index (χ1) is 20.6. The maximum absolute atomic E-state index is 13.9. The Balaban J connectivity index is 0.000000676. The first kappa shape index (κ1) is 33.5. The number of benzene rings is 3. The summed E-state index contributed by atoms with van der Waals surface area (Å²) in [5, 5.41) is 16.0. The van der Waals surface area contributed by atoms with Gasteiger partial charge in [0.1, 0.15) is 5.82 Å². The maximum atomic E-state index is 13.9. The van der Waals surface area contributed by atoms with Crippen molar-refractivity contribution in [2.45, 2.75) is 24.5 Å². The summed E-state index contributed by atoms with van der Waals surface area (Å²) in [6, 6.07) is 17.7. The zero-order valence-corrected chi connectivity index (χ0v) is 23.8. The normalized spacial score (nSPS) is 11.6. The number of nitrogens with two attached hydrogens (primary N) is 2. The van der Waals surface area contributed by atoms with E-state index in [1.54, 1.807) is 43.6 Å². The summed E-state index contributed by atoms with van der Waals surface area (Å²) in [7, 11) is -4.06. The molecule has 4 rings (SSSR count). The third-order valence-corrected chi connectivity index (χ3v) is 6.88. The van der Waals surface area contributed by atoms with Crippen molar-refractivity contribution < 1.29 is 45.4 Å². The number of hydrazone groups is 1. The second-order valence-corrected chi connectivity index (χ2v) is 10.6. The van der Waals surface area contributed by atoms with Crippen LogP contribution in [0.1, 0.15) is 28.4 Å². The van der Waals surface area contributed by atoms with E-state index in [2.05, 4.69) is 5.10 Å². The fourth-order valence-corrected chi connectivity index (χ4v) is 4.82. The monoisotopic (exact) mass is 634 g/mol. The highest BCUT2D eigenvalue weighted by Crippen LogP contribution is 2.32. The van der Waals surface area contributed by atoms with Crippen LogP contribution in [0.15, 0.2) is 89.1 Å². The Morgan fingerprint density at radius 2 is 1.61 bits per heavy atom. The minimum absolute atomic E-state index is 0.151. The van der Waals surface area contributed by atoms with E-state index >= 15 is 0 Å². The van der Waals surface area contributed by atoms with Gasteiger partial charge in [0.25, 0.3) is 0 Å². The van der Waals surface area contributed by atoms with Crippen molar-refractivity contribution in [2.24, 2.45) is 16.1 Å². The Morgan fingerprint density at radius 1 is 1.00 bits per heavy atom. The second kappa shape index (κ2) is 14.0. The third kappa shape index (κ3) is 8.75. The van der Waals surface area contributed by atoms with Gasteiger partial charge in [-0.15, -0.1) is 0 Å². The number of hydrogen-bond donors (Lipinski definition) is 3. The van der Waals surface area contributed by atoms with Crippen LogP contribution in [-0.4, -0.2) is 49.0 Å². The molecule has 1 heterocycles. The van der Waals surface area contributed by atoms with Gasteiger partial charge in [-0.05, 0) is 53.4 Å². The predicted octanol–water partition coefficient (Wildman–Crippen LogP) is 4.76. The summed E-state index contributed by atoms with van der Waals surface area (Å²) in [6.45, 7) is 2.44. The largest absolute Gasteiger partial charge is 0.490 e. The van der Waals surface area contributed by atoms with Crippen LogP contribution >= 0.6 is 0 Å². The molecule has 0 aliphatic carbocycles. The summed E-state index contributed by atoms with van der Waals surface area (Å²) < 4.78 is 76.8. The molecule has 0 amide bonds. The first-order valence-corrected chi connectivity index (χ1v) is 14.1. The van der Waals surface area contributed by atoms with Gasteiger partial charge in [-0.1, -0.05) is 42.5 Å². The molecule has 10 nitrogen and oxygen atoms in total. The van der Waals surface area contributed by atoms with Crippen LogP contribution in [0.5, 0.6) is 0 Å². The quantitative estimate of drug-likeness (QED) is 0.0826. The van der Waals surface area contributed by atoms with E-state index in [1.807, 2.05) is 35.0 Å². The standard InChI is InChI=1S/C27H25FN4O4S.C2HF3O2/c1-2-36-27(33)25-17-32(15-19-5-3-4-18(12-19)14-31-29)16-24(25)21-8-6-20(7-9-21)23-13-22(28)10-11-26(23)37(30,34)35;3-2(4,5)1(6)7/h3-14,16-17H,2,15,29H2,1H3,(H2,30,34,35);(H,6,7)/b31-14-;. The van der Waals surface area contributed by atoms with Crippen molar-refractivity contribution in [1.29, 1.82) is 0 Å². The zero-order chi connectivity index (χ0) is 32.7. The molecule has 0 atom stereocenters. The van der Waals surface area contributed by atoms with Crippen LogP contribution in [0, 0.1) is 5.82 Å². The number of primary sulfonamides is 1. The van der Waals surface area contributed by atoms with E-state index in [1.165, 1.54) is 0 Å². The van der Waals surface area contributed by atoms with Gasteiger partial charge in [-0.25, -0.2) is 27.5 Å². The zero-order valence-electron chi connectivity index (χ0n) is 23.0. The number of carboxylic acid groups (broad SMARTS) is 1. The molecule has 4 aromatic rings. The summed E-state index contributed by atoms with van der Waals surface area (Å²) in [5.74, 6) is 1.44. The number of rotatable bonds is 8. The van der Waals surface area contributed by atoms with Crippen molar-refractivity contribution in [3.8, 4) is 22.3 Å². The lowest BCUT2D eigenvalue weighted by molar-refractivity contribution is -0.192. The molecule has 3 aromatic carbocycles. The molecule has 232 valence electrons. The molecule has 15 heteroatoms. The summed E-state index contributed by atoms with van der Waals surface area (Å²) in [4.78, 5) is 21.5. The smallest absolute Gasteiger partial charge is 0.475 e. The fourth-order valence-electron chi connectivity index (χ4n) is 4.07. The number of sulfonamides is 1. The van der Waals surface area contributed by atoms with Crippen LogP contribution in [0.25, 0.3) is 22.3 Å². The van der Waals surface area contributed by atoms with E-state index < -0.39 is 34.0 Å².